The largest absolute Gasteiger partial charge is 0.453 e. The Morgan fingerprint density at radius 1 is 0.537 bits per heavy atom. The molecule has 2 fully saturated rings. The second kappa shape index (κ2) is 18.2. The molecular weight excluding hydrogens is 696 g/mol. The molecule has 2 saturated heterocycles. The summed E-state index contributed by atoms with van der Waals surface area (Å²) in [5, 5.41) is 22.5. The number of carbonyl (C=O) groups is 2. The van der Waals surface area contributed by atoms with E-state index >= 15 is 0 Å². The minimum absolute atomic E-state index is 0.128. The highest BCUT2D eigenvalue weighted by atomic mass is 16.7. The van der Waals surface area contributed by atoms with Crippen molar-refractivity contribution in [3.05, 3.63) is 131 Å². The van der Waals surface area contributed by atoms with E-state index in [0.717, 1.165) is 11.1 Å². The van der Waals surface area contributed by atoms with E-state index < -0.39 is 73.4 Å². The number of aliphatic hydroxyl groups is 2. The topological polar surface area (TPSA) is 148 Å². The summed E-state index contributed by atoms with van der Waals surface area (Å²) in [6, 6.07) is 32.3. The van der Waals surface area contributed by atoms with E-state index in [2.05, 4.69) is 0 Å². The van der Waals surface area contributed by atoms with E-state index in [9.17, 15) is 19.8 Å². The molecule has 0 spiro atoms. The van der Waals surface area contributed by atoms with Crippen LogP contribution in [0.5, 0.6) is 0 Å². The van der Waals surface area contributed by atoms with Crippen LogP contribution in [0.1, 0.15) is 45.7 Å². The Bertz CT molecular complexity index is 1690. The Kier molecular flexibility index (Phi) is 13.2. The highest BCUT2D eigenvalue weighted by Gasteiger charge is 2.48. The predicted octanol–water partition coefficient (Wildman–Crippen LogP) is 5.08. The number of ether oxygens (including phenoxy) is 8. The van der Waals surface area contributed by atoms with E-state index in [1.807, 2.05) is 60.7 Å². The van der Waals surface area contributed by atoms with Gasteiger partial charge in [0.15, 0.2) is 24.8 Å². The molecule has 10 atom stereocenters. The summed E-state index contributed by atoms with van der Waals surface area (Å²) in [6.45, 7) is 3.89. The van der Waals surface area contributed by atoms with Gasteiger partial charge in [0.05, 0.1) is 36.5 Å². The van der Waals surface area contributed by atoms with E-state index in [4.69, 9.17) is 37.9 Å². The standard InChI is InChI=1S/C42H46O12/c1-25-35(49-23-27-15-7-5-8-16-27)37(33(43)41(47-3)51-25)53-39(45)31-21-13-11-19-29(31)30-20-12-14-22-32(30)40(46)54-38-34(44)42(48-4)52-26(2)36(38)50-24-28-17-9-6-10-18-28/h5-22,25-26,33-38,41-44H,23-24H2,1-4H3/t25-,26-,33+,34+,35-,36-,37-,38-,41+,42+/m0/s1. The number of rotatable bonds is 13. The quantitative estimate of drug-likeness (QED) is 0.176. The van der Waals surface area contributed by atoms with Crippen LogP contribution in [0.2, 0.25) is 0 Å². The van der Waals surface area contributed by atoms with E-state index in [1.165, 1.54) is 14.2 Å². The third-order valence-corrected chi connectivity index (χ3v) is 9.61. The summed E-state index contributed by atoms with van der Waals surface area (Å²) in [5.41, 5.74) is 2.79. The maximum absolute atomic E-state index is 14.1. The van der Waals surface area contributed by atoms with Crippen LogP contribution in [-0.4, -0.2) is 97.8 Å². The number of carbonyl (C=O) groups excluding carboxylic acids is 2. The van der Waals surface area contributed by atoms with Gasteiger partial charge in [0.2, 0.25) is 0 Å². The van der Waals surface area contributed by atoms with Crippen molar-refractivity contribution >= 4 is 11.9 Å². The second-order valence-corrected chi connectivity index (χ2v) is 13.2. The van der Waals surface area contributed by atoms with Gasteiger partial charge in [-0.1, -0.05) is 97.1 Å². The lowest BCUT2D eigenvalue weighted by Crippen LogP contribution is -2.59. The first-order chi connectivity index (χ1) is 26.2. The third-order valence-electron chi connectivity index (χ3n) is 9.61. The molecule has 2 aliphatic heterocycles. The van der Waals surface area contributed by atoms with Crippen molar-refractivity contribution in [1.29, 1.82) is 0 Å². The Morgan fingerprint density at radius 2 is 0.889 bits per heavy atom. The fraction of sp³-hybridized carbons (Fsp3) is 0.381. The van der Waals surface area contributed by atoms with Gasteiger partial charge in [-0.3, -0.25) is 0 Å². The molecule has 0 saturated carbocycles. The smallest absolute Gasteiger partial charge is 0.339 e. The van der Waals surface area contributed by atoms with Gasteiger partial charge in [-0.25, -0.2) is 9.59 Å². The lowest BCUT2D eigenvalue weighted by Gasteiger charge is -2.42. The first kappa shape index (κ1) is 39.2. The summed E-state index contributed by atoms with van der Waals surface area (Å²) in [4.78, 5) is 28.2. The molecule has 0 aromatic heterocycles. The number of benzene rings is 4. The molecular formula is C42H46O12. The summed E-state index contributed by atoms with van der Waals surface area (Å²) in [5.74, 6) is -1.53. The minimum atomic E-state index is -1.37. The summed E-state index contributed by atoms with van der Waals surface area (Å²) in [6.07, 6.45) is -10.1. The average molecular weight is 743 g/mol. The maximum atomic E-state index is 14.1. The average Bonchev–Trinajstić information content (AvgIpc) is 3.20. The SMILES string of the molecule is CO[C@@H]1O[C@@H](C)[C@H](OCc2ccccc2)[C@@H](OC(=O)c2ccccc2-c2ccccc2C(=O)O[C@H]2[C@@H](O)[C@H](OC)O[C@@H](C)[C@@H]2OCc2ccccc2)[C@H]1O. The van der Waals surface area contributed by atoms with Crippen molar-refractivity contribution in [1.82, 2.24) is 0 Å². The van der Waals surface area contributed by atoms with E-state index in [-0.39, 0.29) is 24.3 Å². The Morgan fingerprint density at radius 3 is 1.26 bits per heavy atom. The predicted molar refractivity (Wildman–Crippen MR) is 195 cm³/mol. The van der Waals surface area contributed by atoms with Crippen molar-refractivity contribution in [3.63, 3.8) is 0 Å². The molecule has 54 heavy (non-hydrogen) atoms. The number of methoxy groups -OCH3 is 2. The summed E-state index contributed by atoms with van der Waals surface area (Å²) >= 11 is 0. The van der Waals surface area contributed by atoms with Crippen LogP contribution in [0.4, 0.5) is 0 Å². The van der Waals surface area contributed by atoms with E-state index in [1.54, 1.807) is 62.4 Å². The van der Waals surface area contributed by atoms with Gasteiger partial charge in [0.1, 0.15) is 24.4 Å². The van der Waals surface area contributed by atoms with Gasteiger partial charge in [-0.15, -0.1) is 0 Å². The third kappa shape index (κ3) is 8.89. The maximum Gasteiger partial charge on any atom is 0.339 e. The van der Waals surface area contributed by atoms with Crippen molar-refractivity contribution < 1.29 is 57.7 Å². The Hall–Kier alpha value is -4.50. The van der Waals surface area contributed by atoms with Gasteiger partial charge in [0, 0.05) is 14.2 Å². The number of esters is 2. The lowest BCUT2D eigenvalue weighted by molar-refractivity contribution is -0.294. The zero-order valence-electron chi connectivity index (χ0n) is 30.6. The molecule has 4 aromatic rings. The fourth-order valence-corrected chi connectivity index (χ4v) is 6.80. The molecule has 0 amide bonds. The van der Waals surface area contributed by atoms with Crippen molar-refractivity contribution in [3.8, 4) is 11.1 Å². The molecule has 6 rings (SSSR count). The van der Waals surface area contributed by atoms with Crippen LogP contribution in [-0.2, 0) is 51.1 Å². The van der Waals surface area contributed by atoms with Crippen LogP contribution >= 0.6 is 0 Å². The van der Waals surface area contributed by atoms with Gasteiger partial charge in [-0.2, -0.15) is 0 Å². The van der Waals surface area contributed by atoms with Crippen LogP contribution in [0.15, 0.2) is 109 Å². The Balaban J connectivity index is 1.25. The highest BCUT2D eigenvalue weighted by Crippen LogP contribution is 2.33. The number of hydrogen-bond acceptors (Lipinski definition) is 12. The monoisotopic (exact) mass is 742 g/mol. The van der Waals surface area contributed by atoms with Gasteiger partial charge in [-0.05, 0) is 48.2 Å². The van der Waals surface area contributed by atoms with Gasteiger partial charge in [0.25, 0.3) is 0 Å². The minimum Gasteiger partial charge on any atom is -0.453 e. The van der Waals surface area contributed by atoms with Crippen molar-refractivity contribution in [2.24, 2.45) is 0 Å². The van der Waals surface area contributed by atoms with Crippen molar-refractivity contribution in [2.75, 3.05) is 14.2 Å². The number of aliphatic hydroxyl groups excluding tert-OH is 2. The fourth-order valence-electron chi connectivity index (χ4n) is 6.80. The van der Waals surface area contributed by atoms with Crippen LogP contribution in [0, 0.1) is 0 Å². The molecule has 2 aliphatic rings. The van der Waals surface area contributed by atoms with Gasteiger partial charge >= 0.3 is 11.9 Å². The van der Waals surface area contributed by atoms with Gasteiger partial charge < -0.3 is 48.1 Å². The molecule has 0 aliphatic carbocycles. The van der Waals surface area contributed by atoms with Crippen molar-refractivity contribution in [2.45, 2.75) is 88.5 Å². The molecule has 12 nitrogen and oxygen atoms in total. The number of hydrogen-bond donors (Lipinski definition) is 2. The van der Waals surface area contributed by atoms with Crippen LogP contribution < -0.4 is 0 Å². The first-order valence-electron chi connectivity index (χ1n) is 17.8. The first-order valence-corrected chi connectivity index (χ1v) is 17.8. The molecule has 2 heterocycles. The zero-order chi connectivity index (χ0) is 38.2. The zero-order valence-corrected chi connectivity index (χ0v) is 30.6. The van der Waals surface area contributed by atoms with E-state index in [0.29, 0.717) is 11.1 Å². The second-order valence-electron chi connectivity index (χ2n) is 13.2. The van der Waals surface area contributed by atoms with Crippen LogP contribution in [0.3, 0.4) is 0 Å². The molecule has 2 N–H and O–H groups in total. The molecule has 0 radical (unpaired) electrons. The van der Waals surface area contributed by atoms with Crippen LogP contribution in [0.25, 0.3) is 11.1 Å². The Labute approximate surface area is 314 Å². The highest BCUT2D eigenvalue weighted by molar-refractivity contribution is 6.03. The molecule has 12 heteroatoms. The lowest BCUT2D eigenvalue weighted by atomic mass is 9.94. The molecule has 286 valence electrons. The molecule has 4 aromatic carbocycles. The summed E-state index contributed by atoms with van der Waals surface area (Å²) in [7, 11) is 2.78. The normalized spacial score (nSPS) is 28.3. The molecule has 0 unspecified atom stereocenters. The molecule has 0 bridgehead atoms. The summed E-state index contributed by atoms with van der Waals surface area (Å²) < 4.78 is 46.9.